The number of benzene rings is 2. The monoisotopic (exact) mass is 336 g/mol. The molecule has 0 aromatic heterocycles. The lowest BCUT2D eigenvalue weighted by molar-refractivity contribution is 0.0340. The van der Waals surface area contributed by atoms with Gasteiger partial charge in [-0.25, -0.2) is 0 Å². The van der Waals surface area contributed by atoms with Crippen molar-refractivity contribution in [3.63, 3.8) is 0 Å². The molecule has 128 valence electrons. The van der Waals surface area contributed by atoms with Crippen LogP contribution in [0.15, 0.2) is 48.5 Å². The smallest absolute Gasteiger partial charge is 0.261 e. The lowest BCUT2D eigenvalue weighted by Gasteiger charge is -2.27. The molecule has 5 heteroatoms. The Morgan fingerprint density at radius 2 is 1.28 bits per heavy atom. The second kappa shape index (κ2) is 6.78. The molecular weight excluding hydrogens is 316 g/mol. The van der Waals surface area contributed by atoms with Gasteiger partial charge in [0.25, 0.3) is 11.8 Å². The molecule has 25 heavy (non-hydrogen) atoms. The SMILES string of the molecule is O=C1c2ccccc2C(=O)N1Cc1ccccc1CN1CCOCC1. The van der Waals surface area contributed by atoms with E-state index in [2.05, 4.69) is 11.0 Å². The Balaban J connectivity index is 1.55. The molecule has 0 bridgehead atoms. The molecule has 0 spiro atoms. The molecule has 2 heterocycles. The van der Waals surface area contributed by atoms with Crippen molar-refractivity contribution in [2.24, 2.45) is 0 Å². The number of rotatable bonds is 4. The zero-order chi connectivity index (χ0) is 17.2. The highest BCUT2D eigenvalue weighted by Crippen LogP contribution is 2.25. The number of carbonyl (C=O) groups excluding carboxylic acids is 2. The van der Waals surface area contributed by atoms with Crippen LogP contribution in [0.3, 0.4) is 0 Å². The van der Waals surface area contributed by atoms with Gasteiger partial charge in [-0.2, -0.15) is 0 Å². The molecule has 2 aliphatic rings. The van der Waals surface area contributed by atoms with Crippen molar-refractivity contribution in [3.05, 3.63) is 70.8 Å². The quantitative estimate of drug-likeness (QED) is 0.804. The van der Waals surface area contributed by atoms with Gasteiger partial charge in [-0.05, 0) is 23.3 Å². The Labute approximate surface area is 146 Å². The highest BCUT2D eigenvalue weighted by molar-refractivity contribution is 6.21. The minimum atomic E-state index is -0.207. The molecule has 0 radical (unpaired) electrons. The van der Waals surface area contributed by atoms with Crippen LogP contribution in [-0.4, -0.2) is 47.9 Å². The average Bonchev–Trinajstić information content (AvgIpc) is 2.89. The van der Waals surface area contributed by atoms with E-state index in [1.165, 1.54) is 4.90 Å². The van der Waals surface area contributed by atoms with Crippen LogP contribution < -0.4 is 0 Å². The third-order valence-electron chi connectivity index (χ3n) is 4.82. The number of hydrogen-bond acceptors (Lipinski definition) is 4. The normalized spacial score (nSPS) is 17.8. The minimum absolute atomic E-state index is 0.207. The van der Waals surface area contributed by atoms with Crippen LogP contribution in [0.4, 0.5) is 0 Å². The predicted octanol–water partition coefficient (Wildman–Crippen LogP) is 2.32. The van der Waals surface area contributed by atoms with E-state index in [1.807, 2.05) is 18.2 Å². The van der Waals surface area contributed by atoms with Crippen molar-refractivity contribution in [1.82, 2.24) is 9.80 Å². The Morgan fingerprint density at radius 3 is 1.88 bits per heavy atom. The largest absolute Gasteiger partial charge is 0.379 e. The van der Waals surface area contributed by atoms with Gasteiger partial charge in [0.2, 0.25) is 0 Å². The molecule has 2 aliphatic heterocycles. The Hall–Kier alpha value is -2.50. The summed E-state index contributed by atoms with van der Waals surface area (Å²) in [6.07, 6.45) is 0. The zero-order valence-corrected chi connectivity index (χ0v) is 14.0. The predicted molar refractivity (Wildman–Crippen MR) is 93.2 cm³/mol. The molecule has 1 fully saturated rings. The lowest BCUT2D eigenvalue weighted by Crippen LogP contribution is -2.36. The second-order valence-electron chi connectivity index (χ2n) is 6.40. The fraction of sp³-hybridized carbons (Fsp3) is 0.300. The third kappa shape index (κ3) is 3.08. The van der Waals surface area contributed by atoms with E-state index in [0.717, 1.165) is 44.0 Å². The Bertz CT molecular complexity index is 777. The number of hydrogen-bond donors (Lipinski definition) is 0. The topological polar surface area (TPSA) is 49.9 Å². The van der Waals surface area contributed by atoms with Gasteiger partial charge in [-0.15, -0.1) is 0 Å². The van der Waals surface area contributed by atoms with Crippen molar-refractivity contribution < 1.29 is 14.3 Å². The Morgan fingerprint density at radius 1 is 0.760 bits per heavy atom. The van der Waals surface area contributed by atoms with Gasteiger partial charge in [-0.1, -0.05) is 36.4 Å². The number of imide groups is 1. The van der Waals surface area contributed by atoms with Crippen molar-refractivity contribution in [2.75, 3.05) is 26.3 Å². The maximum Gasteiger partial charge on any atom is 0.261 e. The summed E-state index contributed by atoms with van der Waals surface area (Å²) in [6, 6.07) is 15.0. The first-order valence-corrected chi connectivity index (χ1v) is 8.56. The van der Waals surface area contributed by atoms with Gasteiger partial charge in [0.15, 0.2) is 0 Å². The minimum Gasteiger partial charge on any atom is -0.379 e. The number of fused-ring (bicyclic) bond motifs is 1. The molecular formula is C20H20N2O3. The van der Waals surface area contributed by atoms with Crippen LogP contribution in [0.5, 0.6) is 0 Å². The highest BCUT2D eigenvalue weighted by Gasteiger charge is 2.35. The summed E-state index contributed by atoms with van der Waals surface area (Å²) in [4.78, 5) is 28.9. The van der Waals surface area contributed by atoms with Crippen LogP contribution in [0, 0.1) is 0 Å². The molecule has 4 rings (SSSR count). The number of amides is 2. The van der Waals surface area contributed by atoms with Gasteiger partial charge >= 0.3 is 0 Å². The number of ether oxygens (including phenoxy) is 1. The molecule has 0 unspecified atom stereocenters. The number of morpholine rings is 1. The molecule has 5 nitrogen and oxygen atoms in total. The van der Waals surface area contributed by atoms with Crippen molar-refractivity contribution >= 4 is 11.8 Å². The van der Waals surface area contributed by atoms with E-state index in [-0.39, 0.29) is 11.8 Å². The summed E-state index contributed by atoms with van der Waals surface area (Å²) in [5, 5.41) is 0. The van der Waals surface area contributed by atoms with Gasteiger partial charge in [-0.3, -0.25) is 19.4 Å². The summed E-state index contributed by atoms with van der Waals surface area (Å²) in [5.74, 6) is -0.413. The van der Waals surface area contributed by atoms with Crippen molar-refractivity contribution in [2.45, 2.75) is 13.1 Å². The fourth-order valence-corrected chi connectivity index (χ4v) is 3.42. The zero-order valence-electron chi connectivity index (χ0n) is 14.0. The average molecular weight is 336 g/mol. The van der Waals surface area contributed by atoms with Crippen LogP contribution in [0.1, 0.15) is 31.8 Å². The molecule has 0 N–H and O–H groups in total. The molecule has 2 aromatic carbocycles. The number of nitrogens with zero attached hydrogens (tertiary/aromatic N) is 2. The maximum absolute atomic E-state index is 12.6. The van der Waals surface area contributed by atoms with Crippen LogP contribution >= 0.6 is 0 Å². The van der Waals surface area contributed by atoms with Crippen LogP contribution in [-0.2, 0) is 17.8 Å². The molecule has 2 amide bonds. The van der Waals surface area contributed by atoms with Gasteiger partial charge in [0, 0.05) is 19.6 Å². The highest BCUT2D eigenvalue weighted by atomic mass is 16.5. The van der Waals surface area contributed by atoms with Gasteiger partial charge in [0.05, 0.1) is 30.9 Å². The van der Waals surface area contributed by atoms with E-state index in [4.69, 9.17) is 4.74 Å². The molecule has 0 aliphatic carbocycles. The van der Waals surface area contributed by atoms with Crippen LogP contribution in [0.2, 0.25) is 0 Å². The fourth-order valence-electron chi connectivity index (χ4n) is 3.42. The molecule has 0 atom stereocenters. The van der Waals surface area contributed by atoms with Crippen molar-refractivity contribution in [3.8, 4) is 0 Å². The summed E-state index contributed by atoms with van der Waals surface area (Å²) in [5.41, 5.74) is 3.17. The van der Waals surface area contributed by atoms with Crippen molar-refractivity contribution in [1.29, 1.82) is 0 Å². The first-order chi connectivity index (χ1) is 12.2. The Kier molecular flexibility index (Phi) is 4.34. The first-order valence-electron chi connectivity index (χ1n) is 8.56. The van der Waals surface area contributed by atoms with E-state index in [0.29, 0.717) is 17.7 Å². The van der Waals surface area contributed by atoms with E-state index < -0.39 is 0 Å². The van der Waals surface area contributed by atoms with E-state index >= 15 is 0 Å². The maximum atomic E-state index is 12.6. The summed E-state index contributed by atoms with van der Waals surface area (Å²) in [6.45, 7) is 4.43. The molecule has 2 aromatic rings. The van der Waals surface area contributed by atoms with Gasteiger partial charge < -0.3 is 4.74 Å². The van der Waals surface area contributed by atoms with Crippen LogP contribution in [0.25, 0.3) is 0 Å². The number of carbonyl (C=O) groups is 2. The van der Waals surface area contributed by atoms with E-state index in [9.17, 15) is 9.59 Å². The molecule has 1 saturated heterocycles. The van der Waals surface area contributed by atoms with Gasteiger partial charge in [0.1, 0.15) is 0 Å². The lowest BCUT2D eigenvalue weighted by atomic mass is 10.1. The summed E-state index contributed by atoms with van der Waals surface area (Å²) >= 11 is 0. The van der Waals surface area contributed by atoms with E-state index in [1.54, 1.807) is 24.3 Å². The summed E-state index contributed by atoms with van der Waals surface area (Å²) < 4.78 is 5.40. The summed E-state index contributed by atoms with van der Waals surface area (Å²) in [7, 11) is 0. The molecule has 0 saturated carbocycles. The standard InChI is InChI=1S/C20H20N2O3/c23-19-17-7-3-4-8-18(17)20(24)22(19)14-16-6-2-1-5-15(16)13-21-9-11-25-12-10-21/h1-8H,9-14H2. The third-order valence-corrected chi connectivity index (χ3v) is 4.82. The first kappa shape index (κ1) is 16.0. The second-order valence-corrected chi connectivity index (χ2v) is 6.40.